The van der Waals surface area contributed by atoms with Gasteiger partial charge in [0.15, 0.2) is 9.84 Å². The Bertz CT molecular complexity index is 485. The molecule has 2 saturated heterocycles. The van der Waals surface area contributed by atoms with E-state index in [1.54, 1.807) is 0 Å². The van der Waals surface area contributed by atoms with E-state index in [0.717, 1.165) is 0 Å². The summed E-state index contributed by atoms with van der Waals surface area (Å²) >= 11 is 0. The van der Waals surface area contributed by atoms with E-state index in [-0.39, 0.29) is 24.0 Å². The SMILES string of the molecule is CC1CNCCN1S(=O)(=O)C1CCS(=O)(=O)C1. The highest BCUT2D eigenvalue weighted by Crippen LogP contribution is 2.24. The molecule has 0 aromatic heterocycles. The van der Waals surface area contributed by atoms with E-state index in [4.69, 9.17) is 0 Å². The largest absolute Gasteiger partial charge is 0.314 e. The first kappa shape index (κ1) is 13.3. The number of rotatable bonds is 2. The van der Waals surface area contributed by atoms with Crippen LogP contribution in [-0.4, -0.2) is 63.6 Å². The van der Waals surface area contributed by atoms with Gasteiger partial charge in [-0.3, -0.25) is 0 Å². The molecule has 100 valence electrons. The monoisotopic (exact) mass is 282 g/mol. The zero-order chi connectivity index (χ0) is 12.7. The highest BCUT2D eigenvalue weighted by Gasteiger charge is 2.42. The molecule has 6 nitrogen and oxygen atoms in total. The summed E-state index contributed by atoms with van der Waals surface area (Å²) in [5, 5.41) is 2.38. The summed E-state index contributed by atoms with van der Waals surface area (Å²) in [4.78, 5) is 0. The topological polar surface area (TPSA) is 83.6 Å². The molecule has 2 fully saturated rings. The fraction of sp³-hybridized carbons (Fsp3) is 1.00. The lowest BCUT2D eigenvalue weighted by molar-refractivity contribution is 0.281. The first-order valence-corrected chi connectivity index (χ1v) is 9.07. The third kappa shape index (κ3) is 2.64. The number of nitrogens with zero attached hydrogens (tertiary/aromatic N) is 1. The maximum Gasteiger partial charge on any atom is 0.218 e. The van der Waals surface area contributed by atoms with Crippen molar-refractivity contribution in [3.8, 4) is 0 Å². The Morgan fingerprint density at radius 1 is 1.35 bits per heavy atom. The highest BCUT2D eigenvalue weighted by molar-refractivity contribution is 7.95. The second kappa shape index (κ2) is 4.49. The average Bonchev–Trinajstić information content (AvgIpc) is 2.60. The molecule has 0 saturated carbocycles. The van der Waals surface area contributed by atoms with E-state index in [1.807, 2.05) is 6.92 Å². The van der Waals surface area contributed by atoms with E-state index < -0.39 is 25.1 Å². The summed E-state index contributed by atoms with van der Waals surface area (Å²) in [6.07, 6.45) is 0.237. The van der Waals surface area contributed by atoms with Crippen LogP contribution in [0.3, 0.4) is 0 Å². The molecule has 0 amide bonds. The molecule has 1 N–H and O–H groups in total. The molecule has 0 aromatic rings. The number of hydrogen-bond donors (Lipinski definition) is 1. The molecule has 2 rings (SSSR count). The van der Waals surface area contributed by atoms with Crippen LogP contribution in [0.5, 0.6) is 0 Å². The molecule has 2 aliphatic rings. The molecule has 0 aromatic carbocycles. The second-order valence-corrected chi connectivity index (χ2v) is 9.13. The fourth-order valence-electron chi connectivity index (χ4n) is 2.39. The first-order valence-electron chi connectivity index (χ1n) is 5.75. The first-order chi connectivity index (χ1) is 7.83. The number of nitrogens with one attached hydrogen (secondary N) is 1. The third-order valence-corrected chi connectivity index (χ3v) is 7.80. The number of hydrogen-bond acceptors (Lipinski definition) is 5. The van der Waals surface area contributed by atoms with E-state index >= 15 is 0 Å². The van der Waals surface area contributed by atoms with Crippen molar-refractivity contribution in [2.45, 2.75) is 24.6 Å². The minimum Gasteiger partial charge on any atom is -0.314 e. The van der Waals surface area contributed by atoms with Crippen LogP contribution in [0, 0.1) is 0 Å². The molecule has 0 radical (unpaired) electrons. The van der Waals surface area contributed by atoms with Crippen molar-refractivity contribution in [2.24, 2.45) is 0 Å². The van der Waals surface area contributed by atoms with Crippen LogP contribution in [-0.2, 0) is 19.9 Å². The molecule has 2 unspecified atom stereocenters. The molecule has 2 aliphatic heterocycles. The summed E-state index contributed by atoms with van der Waals surface area (Å²) in [7, 11) is -6.62. The van der Waals surface area contributed by atoms with Crippen molar-refractivity contribution >= 4 is 19.9 Å². The summed E-state index contributed by atoms with van der Waals surface area (Å²) < 4.78 is 48.8. The minimum atomic E-state index is -3.47. The van der Waals surface area contributed by atoms with Crippen LogP contribution in [0.1, 0.15) is 13.3 Å². The maximum absolute atomic E-state index is 12.3. The predicted octanol–water partition coefficient (Wildman–Crippen LogP) is -1.20. The lowest BCUT2D eigenvalue weighted by Crippen LogP contribution is -2.54. The standard InChI is InChI=1S/C9H18N2O4S2/c1-8-6-10-3-4-11(8)17(14,15)9-2-5-16(12,13)7-9/h8-10H,2-7H2,1H3. The van der Waals surface area contributed by atoms with Gasteiger partial charge in [0.25, 0.3) is 0 Å². The number of sulfonamides is 1. The van der Waals surface area contributed by atoms with Gasteiger partial charge in [-0.05, 0) is 13.3 Å². The Labute approximate surface area is 102 Å². The lowest BCUT2D eigenvalue weighted by atomic mass is 10.3. The van der Waals surface area contributed by atoms with Crippen molar-refractivity contribution < 1.29 is 16.8 Å². The molecular weight excluding hydrogens is 264 g/mol. The maximum atomic E-state index is 12.3. The van der Waals surface area contributed by atoms with Crippen molar-refractivity contribution in [1.82, 2.24) is 9.62 Å². The number of piperazine rings is 1. The summed E-state index contributed by atoms with van der Waals surface area (Å²) in [5.74, 6) is -0.219. The van der Waals surface area contributed by atoms with Gasteiger partial charge in [-0.25, -0.2) is 16.8 Å². The summed E-state index contributed by atoms with van der Waals surface area (Å²) in [6.45, 7) is 3.52. The molecule has 0 aliphatic carbocycles. The van der Waals surface area contributed by atoms with E-state index in [0.29, 0.717) is 19.6 Å². The smallest absolute Gasteiger partial charge is 0.218 e. The van der Waals surface area contributed by atoms with Gasteiger partial charge < -0.3 is 5.32 Å². The van der Waals surface area contributed by atoms with Crippen LogP contribution in [0.4, 0.5) is 0 Å². The zero-order valence-electron chi connectivity index (χ0n) is 9.79. The van der Waals surface area contributed by atoms with E-state index in [1.165, 1.54) is 4.31 Å². The predicted molar refractivity (Wildman–Crippen MR) is 65.0 cm³/mol. The average molecular weight is 282 g/mol. The normalized spacial score (nSPS) is 34.9. The van der Waals surface area contributed by atoms with Crippen LogP contribution in [0.25, 0.3) is 0 Å². The Morgan fingerprint density at radius 3 is 2.59 bits per heavy atom. The van der Waals surface area contributed by atoms with E-state index in [2.05, 4.69) is 5.32 Å². The molecule has 2 heterocycles. The van der Waals surface area contributed by atoms with Crippen LogP contribution in [0.2, 0.25) is 0 Å². The second-order valence-electron chi connectivity index (χ2n) is 4.73. The van der Waals surface area contributed by atoms with Crippen molar-refractivity contribution in [3.63, 3.8) is 0 Å². The summed E-state index contributed by atoms with van der Waals surface area (Å²) in [5.41, 5.74) is 0. The van der Waals surface area contributed by atoms with Gasteiger partial charge in [-0.1, -0.05) is 0 Å². The highest BCUT2D eigenvalue weighted by atomic mass is 32.2. The molecular formula is C9H18N2O4S2. The molecule has 0 bridgehead atoms. The number of sulfone groups is 1. The minimum absolute atomic E-state index is 0.00261. The van der Waals surface area contributed by atoms with E-state index in [9.17, 15) is 16.8 Å². The van der Waals surface area contributed by atoms with Gasteiger partial charge in [-0.15, -0.1) is 0 Å². The van der Waals surface area contributed by atoms with Gasteiger partial charge in [0.2, 0.25) is 10.0 Å². The summed E-state index contributed by atoms with van der Waals surface area (Å²) in [6, 6.07) is -0.0999. The molecule has 2 atom stereocenters. The Kier molecular flexibility index (Phi) is 3.50. The molecule has 0 spiro atoms. The van der Waals surface area contributed by atoms with Gasteiger partial charge in [0, 0.05) is 25.7 Å². The zero-order valence-corrected chi connectivity index (χ0v) is 11.4. The van der Waals surface area contributed by atoms with Gasteiger partial charge in [-0.2, -0.15) is 4.31 Å². The third-order valence-electron chi connectivity index (χ3n) is 3.38. The van der Waals surface area contributed by atoms with Crippen molar-refractivity contribution in [2.75, 3.05) is 31.1 Å². The molecule has 8 heteroatoms. The van der Waals surface area contributed by atoms with Crippen LogP contribution in [0.15, 0.2) is 0 Å². The van der Waals surface area contributed by atoms with Crippen molar-refractivity contribution in [3.05, 3.63) is 0 Å². The van der Waals surface area contributed by atoms with Crippen LogP contribution < -0.4 is 5.32 Å². The fourth-order valence-corrected chi connectivity index (χ4v) is 7.11. The Hall–Kier alpha value is -0.180. The van der Waals surface area contributed by atoms with Gasteiger partial charge in [0.1, 0.15) is 0 Å². The lowest BCUT2D eigenvalue weighted by Gasteiger charge is -2.34. The Balaban J connectivity index is 2.19. The molecule has 17 heavy (non-hydrogen) atoms. The van der Waals surface area contributed by atoms with Gasteiger partial charge in [0.05, 0.1) is 16.8 Å². The van der Waals surface area contributed by atoms with Crippen molar-refractivity contribution in [1.29, 1.82) is 0 Å². The van der Waals surface area contributed by atoms with Gasteiger partial charge >= 0.3 is 0 Å². The quantitative estimate of drug-likeness (QED) is 0.687. The Morgan fingerprint density at radius 2 is 2.06 bits per heavy atom. The van der Waals surface area contributed by atoms with Crippen LogP contribution >= 0.6 is 0 Å².